The van der Waals surface area contributed by atoms with Crippen LogP contribution in [0.4, 0.5) is 0 Å². The van der Waals surface area contributed by atoms with Crippen LogP contribution < -0.4 is 5.32 Å². The zero-order valence-electron chi connectivity index (χ0n) is 14.7. The molecular weight excluding hydrogens is 326 g/mol. The first-order valence-electron chi connectivity index (χ1n) is 8.50. The van der Waals surface area contributed by atoms with Gasteiger partial charge in [-0.3, -0.25) is 4.79 Å². The molecule has 1 amide bonds. The Kier molecular flexibility index (Phi) is 6.37. The third-order valence-corrected chi connectivity index (χ3v) is 6.70. The third-order valence-electron chi connectivity index (χ3n) is 4.63. The Bertz CT molecular complexity index is 646. The van der Waals surface area contributed by atoms with E-state index in [1.54, 1.807) is 12.1 Å². The third kappa shape index (κ3) is 3.96. The van der Waals surface area contributed by atoms with Gasteiger partial charge in [0.1, 0.15) is 0 Å². The van der Waals surface area contributed by atoms with Crippen LogP contribution in [-0.2, 0) is 10.0 Å². The van der Waals surface area contributed by atoms with Crippen LogP contribution in [-0.4, -0.2) is 62.8 Å². The van der Waals surface area contributed by atoms with E-state index >= 15 is 0 Å². The van der Waals surface area contributed by atoms with Crippen molar-refractivity contribution in [1.29, 1.82) is 0 Å². The average molecular weight is 353 g/mol. The Morgan fingerprint density at radius 3 is 2.17 bits per heavy atom. The lowest BCUT2D eigenvalue weighted by molar-refractivity contribution is 0.0707. The van der Waals surface area contributed by atoms with Crippen LogP contribution >= 0.6 is 0 Å². The SMILES string of the molecule is CCN(CC)S(=O)(=O)c1ccc(C(=O)N2CCC(NC)CC2)cc1. The second kappa shape index (κ2) is 8.09. The molecule has 24 heavy (non-hydrogen) atoms. The highest BCUT2D eigenvalue weighted by atomic mass is 32.2. The van der Waals surface area contributed by atoms with Crippen molar-refractivity contribution in [2.24, 2.45) is 0 Å². The van der Waals surface area contributed by atoms with Crippen LogP contribution in [0.5, 0.6) is 0 Å². The minimum Gasteiger partial charge on any atom is -0.339 e. The maximum atomic E-state index is 12.5. The summed E-state index contributed by atoms with van der Waals surface area (Å²) in [5.41, 5.74) is 0.538. The maximum absolute atomic E-state index is 12.5. The number of nitrogens with zero attached hydrogens (tertiary/aromatic N) is 2. The lowest BCUT2D eigenvalue weighted by Crippen LogP contribution is -2.43. The highest BCUT2D eigenvalue weighted by Gasteiger charge is 2.24. The summed E-state index contributed by atoms with van der Waals surface area (Å²) in [6, 6.07) is 6.75. The van der Waals surface area contributed by atoms with Crippen molar-refractivity contribution < 1.29 is 13.2 Å². The fourth-order valence-corrected chi connectivity index (χ4v) is 4.49. The molecule has 1 aliphatic heterocycles. The first-order valence-corrected chi connectivity index (χ1v) is 9.94. The van der Waals surface area contributed by atoms with Crippen LogP contribution in [0.15, 0.2) is 29.2 Å². The standard InChI is InChI=1S/C17H27N3O3S/c1-4-20(5-2)24(22,23)16-8-6-14(7-9-16)17(21)19-12-10-15(18-3)11-13-19/h6-9,15,18H,4-5,10-13H2,1-3H3. The maximum Gasteiger partial charge on any atom is 0.253 e. The molecular formula is C17H27N3O3S. The van der Waals surface area contributed by atoms with E-state index in [1.807, 2.05) is 25.8 Å². The van der Waals surface area contributed by atoms with Crippen molar-refractivity contribution in [1.82, 2.24) is 14.5 Å². The lowest BCUT2D eigenvalue weighted by atomic mass is 10.0. The fourth-order valence-electron chi connectivity index (χ4n) is 3.04. The summed E-state index contributed by atoms with van der Waals surface area (Å²) in [6.45, 7) is 5.94. The van der Waals surface area contributed by atoms with Gasteiger partial charge in [0.05, 0.1) is 4.90 Å². The molecule has 134 valence electrons. The Balaban J connectivity index is 2.11. The molecule has 0 spiro atoms. The van der Waals surface area contributed by atoms with Gasteiger partial charge in [-0.1, -0.05) is 13.8 Å². The minimum atomic E-state index is -3.48. The number of benzene rings is 1. The summed E-state index contributed by atoms with van der Waals surface area (Å²) in [5, 5.41) is 3.24. The van der Waals surface area contributed by atoms with Crippen molar-refractivity contribution in [3.05, 3.63) is 29.8 Å². The summed E-state index contributed by atoms with van der Waals surface area (Å²) in [6.07, 6.45) is 1.88. The minimum absolute atomic E-state index is 0.0312. The zero-order chi connectivity index (χ0) is 17.7. The number of likely N-dealkylation sites (tertiary alicyclic amines) is 1. The van der Waals surface area contributed by atoms with Crippen molar-refractivity contribution in [2.75, 3.05) is 33.2 Å². The van der Waals surface area contributed by atoms with E-state index < -0.39 is 10.0 Å². The number of amides is 1. The van der Waals surface area contributed by atoms with Gasteiger partial charge in [-0.2, -0.15) is 4.31 Å². The molecule has 1 saturated heterocycles. The molecule has 1 N–H and O–H groups in total. The first-order chi connectivity index (χ1) is 11.4. The van der Waals surface area contributed by atoms with Crippen LogP contribution in [0.3, 0.4) is 0 Å². The smallest absolute Gasteiger partial charge is 0.253 e. The monoisotopic (exact) mass is 353 g/mol. The molecule has 1 fully saturated rings. The van der Waals surface area contributed by atoms with Crippen LogP contribution in [0.25, 0.3) is 0 Å². The van der Waals surface area contributed by atoms with Crippen LogP contribution in [0.2, 0.25) is 0 Å². The molecule has 0 unspecified atom stereocenters. The molecule has 1 aromatic carbocycles. The van der Waals surface area contributed by atoms with E-state index in [-0.39, 0.29) is 10.8 Å². The number of piperidine rings is 1. The van der Waals surface area contributed by atoms with E-state index in [2.05, 4.69) is 5.32 Å². The molecule has 0 atom stereocenters. The van der Waals surface area contributed by atoms with E-state index in [4.69, 9.17) is 0 Å². The van der Waals surface area contributed by atoms with Gasteiger partial charge in [0.2, 0.25) is 10.0 Å². The van der Waals surface area contributed by atoms with Crippen molar-refractivity contribution in [2.45, 2.75) is 37.6 Å². The molecule has 0 aliphatic carbocycles. The quantitative estimate of drug-likeness (QED) is 0.842. The summed E-state index contributed by atoms with van der Waals surface area (Å²) in [7, 11) is -1.54. The van der Waals surface area contributed by atoms with Gasteiger partial charge < -0.3 is 10.2 Å². The van der Waals surface area contributed by atoms with E-state index in [0.29, 0.717) is 24.7 Å². The second-order valence-corrected chi connectivity index (χ2v) is 7.91. The topological polar surface area (TPSA) is 69.7 Å². The predicted octanol–water partition coefficient (Wildman–Crippen LogP) is 1.54. The normalized spacial score (nSPS) is 16.6. The summed E-state index contributed by atoms with van der Waals surface area (Å²) in [5.74, 6) is -0.0312. The van der Waals surface area contributed by atoms with Gasteiger partial charge in [0.15, 0.2) is 0 Å². The second-order valence-electron chi connectivity index (χ2n) is 5.97. The number of nitrogens with one attached hydrogen (secondary N) is 1. The lowest BCUT2D eigenvalue weighted by Gasteiger charge is -2.31. The van der Waals surface area contributed by atoms with Gasteiger partial charge in [-0.25, -0.2) is 8.42 Å². The Morgan fingerprint density at radius 2 is 1.71 bits per heavy atom. The molecule has 0 aromatic heterocycles. The van der Waals surface area contributed by atoms with Crippen LogP contribution in [0, 0.1) is 0 Å². The highest BCUT2D eigenvalue weighted by Crippen LogP contribution is 2.18. The van der Waals surface area contributed by atoms with Crippen molar-refractivity contribution in [3.63, 3.8) is 0 Å². The summed E-state index contributed by atoms with van der Waals surface area (Å²) in [4.78, 5) is 14.6. The number of rotatable bonds is 6. The Hall–Kier alpha value is -1.44. The van der Waals surface area contributed by atoms with Gasteiger partial charge in [0, 0.05) is 37.8 Å². The van der Waals surface area contributed by atoms with Crippen molar-refractivity contribution in [3.8, 4) is 0 Å². The van der Waals surface area contributed by atoms with Crippen LogP contribution in [0.1, 0.15) is 37.0 Å². The fraction of sp³-hybridized carbons (Fsp3) is 0.588. The number of carbonyl (C=O) groups excluding carboxylic acids is 1. The number of sulfonamides is 1. The van der Waals surface area contributed by atoms with E-state index in [0.717, 1.165) is 25.9 Å². The average Bonchev–Trinajstić information content (AvgIpc) is 2.62. The summed E-state index contributed by atoms with van der Waals surface area (Å²) >= 11 is 0. The molecule has 0 radical (unpaired) electrons. The predicted molar refractivity (Wildman–Crippen MR) is 94.5 cm³/mol. The zero-order valence-corrected chi connectivity index (χ0v) is 15.5. The van der Waals surface area contributed by atoms with E-state index in [9.17, 15) is 13.2 Å². The summed E-state index contributed by atoms with van der Waals surface area (Å²) < 4.78 is 26.3. The molecule has 0 saturated carbocycles. The molecule has 1 aromatic rings. The first kappa shape index (κ1) is 18.9. The van der Waals surface area contributed by atoms with Crippen molar-refractivity contribution >= 4 is 15.9 Å². The van der Waals surface area contributed by atoms with Gasteiger partial charge >= 0.3 is 0 Å². The van der Waals surface area contributed by atoms with Gasteiger partial charge in [-0.05, 0) is 44.2 Å². The number of carbonyl (C=O) groups is 1. The van der Waals surface area contributed by atoms with E-state index in [1.165, 1.54) is 16.4 Å². The van der Waals surface area contributed by atoms with Gasteiger partial charge in [0.25, 0.3) is 5.91 Å². The molecule has 1 heterocycles. The molecule has 0 bridgehead atoms. The molecule has 7 heteroatoms. The molecule has 2 rings (SSSR count). The Labute approximate surface area is 144 Å². The largest absolute Gasteiger partial charge is 0.339 e. The Morgan fingerprint density at radius 1 is 1.17 bits per heavy atom. The highest BCUT2D eigenvalue weighted by molar-refractivity contribution is 7.89. The van der Waals surface area contributed by atoms with Gasteiger partial charge in [-0.15, -0.1) is 0 Å². The molecule has 1 aliphatic rings. The molecule has 6 nitrogen and oxygen atoms in total. The number of hydrogen-bond donors (Lipinski definition) is 1. The number of hydrogen-bond acceptors (Lipinski definition) is 4.